The summed E-state index contributed by atoms with van der Waals surface area (Å²) in [6.45, 7) is 0. The third-order valence-electron chi connectivity index (χ3n) is 2.52. The fourth-order valence-electron chi connectivity index (χ4n) is 1.48. The number of nitrogens with zero attached hydrogens (tertiary/aromatic N) is 2. The number of esters is 1. The van der Waals surface area contributed by atoms with Crippen molar-refractivity contribution in [2.24, 2.45) is 0 Å². The third kappa shape index (κ3) is 1.16. The molecule has 0 unspecified atom stereocenters. The minimum Gasteiger partial charge on any atom is -0.493 e. The number of carbonyl (C=O) groups is 1. The van der Waals surface area contributed by atoms with Gasteiger partial charge in [-0.2, -0.15) is 5.10 Å². The molecular formula is C9H12N2O3. The molecule has 0 aromatic carbocycles. The molecule has 1 fully saturated rings. The molecule has 0 saturated heterocycles. The third-order valence-corrected chi connectivity index (χ3v) is 2.52. The maximum atomic E-state index is 11.5. The normalized spacial score (nSPS) is 17.6. The summed E-state index contributed by atoms with van der Waals surface area (Å²) in [5.41, 5.74) is -0.564. The van der Waals surface area contributed by atoms with E-state index in [-0.39, 0.29) is 5.97 Å². The molecule has 0 aliphatic heterocycles. The Morgan fingerprint density at radius 1 is 1.57 bits per heavy atom. The molecule has 14 heavy (non-hydrogen) atoms. The maximum Gasteiger partial charge on any atom is 0.333 e. The van der Waals surface area contributed by atoms with E-state index in [4.69, 9.17) is 9.47 Å². The summed E-state index contributed by atoms with van der Waals surface area (Å²) < 4.78 is 11.4. The SMILES string of the molecule is COC(=O)C1(n2cc(OC)cn2)CC1. The van der Waals surface area contributed by atoms with Gasteiger partial charge in [-0.25, -0.2) is 4.79 Å². The predicted molar refractivity (Wildman–Crippen MR) is 48.0 cm³/mol. The van der Waals surface area contributed by atoms with Crippen LogP contribution in [0, 0.1) is 0 Å². The number of aromatic nitrogens is 2. The highest BCUT2D eigenvalue weighted by molar-refractivity contribution is 5.81. The van der Waals surface area contributed by atoms with Gasteiger partial charge in [-0.1, -0.05) is 0 Å². The summed E-state index contributed by atoms with van der Waals surface area (Å²) in [5.74, 6) is 0.420. The topological polar surface area (TPSA) is 53.4 Å². The van der Waals surface area contributed by atoms with E-state index in [0.29, 0.717) is 5.75 Å². The van der Waals surface area contributed by atoms with Gasteiger partial charge < -0.3 is 9.47 Å². The van der Waals surface area contributed by atoms with Gasteiger partial charge in [0.1, 0.15) is 0 Å². The van der Waals surface area contributed by atoms with Gasteiger partial charge in [-0.3, -0.25) is 4.68 Å². The zero-order chi connectivity index (χ0) is 10.2. The number of rotatable bonds is 3. The van der Waals surface area contributed by atoms with Crippen molar-refractivity contribution in [2.75, 3.05) is 14.2 Å². The smallest absolute Gasteiger partial charge is 0.333 e. The molecule has 0 amide bonds. The van der Waals surface area contributed by atoms with Crippen molar-refractivity contribution < 1.29 is 14.3 Å². The van der Waals surface area contributed by atoms with Crippen molar-refractivity contribution >= 4 is 5.97 Å². The highest BCUT2D eigenvalue weighted by atomic mass is 16.5. The molecule has 1 saturated carbocycles. The Balaban J connectivity index is 2.26. The Morgan fingerprint density at radius 3 is 2.71 bits per heavy atom. The Morgan fingerprint density at radius 2 is 2.29 bits per heavy atom. The van der Waals surface area contributed by atoms with E-state index in [9.17, 15) is 4.79 Å². The second kappa shape index (κ2) is 3.01. The van der Waals surface area contributed by atoms with Crippen molar-refractivity contribution in [3.05, 3.63) is 12.4 Å². The van der Waals surface area contributed by atoms with Crippen LogP contribution < -0.4 is 4.74 Å². The van der Waals surface area contributed by atoms with E-state index >= 15 is 0 Å². The molecule has 2 rings (SSSR count). The van der Waals surface area contributed by atoms with Crippen molar-refractivity contribution in [2.45, 2.75) is 18.4 Å². The van der Waals surface area contributed by atoms with E-state index in [1.54, 1.807) is 24.2 Å². The minimum absolute atomic E-state index is 0.233. The van der Waals surface area contributed by atoms with Crippen LogP contribution in [0.2, 0.25) is 0 Å². The lowest BCUT2D eigenvalue weighted by Gasteiger charge is -2.12. The standard InChI is InChI=1S/C9H12N2O3/c1-13-7-5-10-11(6-7)9(3-4-9)8(12)14-2/h5-6H,3-4H2,1-2H3. The van der Waals surface area contributed by atoms with Crippen LogP contribution in [0.3, 0.4) is 0 Å². The fraction of sp³-hybridized carbons (Fsp3) is 0.556. The average Bonchev–Trinajstić information content (AvgIpc) is 2.89. The summed E-state index contributed by atoms with van der Waals surface area (Å²) >= 11 is 0. The summed E-state index contributed by atoms with van der Waals surface area (Å²) in [6, 6.07) is 0. The summed E-state index contributed by atoms with van der Waals surface area (Å²) in [7, 11) is 2.96. The molecular weight excluding hydrogens is 184 g/mol. The second-order valence-corrected chi connectivity index (χ2v) is 3.35. The first-order valence-electron chi connectivity index (χ1n) is 4.40. The molecule has 1 heterocycles. The Hall–Kier alpha value is -1.52. The van der Waals surface area contributed by atoms with Gasteiger partial charge >= 0.3 is 5.97 Å². The van der Waals surface area contributed by atoms with E-state index in [1.807, 2.05) is 0 Å². The zero-order valence-corrected chi connectivity index (χ0v) is 8.19. The second-order valence-electron chi connectivity index (χ2n) is 3.35. The largest absolute Gasteiger partial charge is 0.493 e. The molecule has 1 aromatic heterocycles. The molecule has 0 spiro atoms. The maximum absolute atomic E-state index is 11.5. The lowest BCUT2D eigenvalue weighted by molar-refractivity contribution is -0.146. The monoisotopic (exact) mass is 196 g/mol. The van der Waals surface area contributed by atoms with Crippen molar-refractivity contribution in [3.8, 4) is 5.75 Å². The van der Waals surface area contributed by atoms with E-state index in [1.165, 1.54) is 7.11 Å². The van der Waals surface area contributed by atoms with Gasteiger partial charge in [-0.15, -0.1) is 0 Å². The Bertz CT molecular complexity index is 355. The molecule has 0 N–H and O–H groups in total. The molecule has 76 valence electrons. The van der Waals surface area contributed by atoms with Gasteiger partial charge in [0, 0.05) is 0 Å². The predicted octanol–water partition coefficient (Wildman–Crippen LogP) is 0.554. The minimum atomic E-state index is -0.564. The average molecular weight is 196 g/mol. The summed E-state index contributed by atoms with van der Waals surface area (Å²) in [5, 5.41) is 4.08. The number of carbonyl (C=O) groups excluding carboxylic acids is 1. The van der Waals surface area contributed by atoms with Crippen LogP contribution in [0.15, 0.2) is 12.4 Å². The van der Waals surface area contributed by atoms with Crippen LogP contribution in [-0.2, 0) is 15.1 Å². The van der Waals surface area contributed by atoms with Gasteiger partial charge in [0.15, 0.2) is 11.3 Å². The first-order chi connectivity index (χ1) is 6.73. The zero-order valence-electron chi connectivity index (χ0n) is 8.19. The Labute approximate surface area is 81.6 Å². The van der Waals surface area contributed by atoms with Crippen molar-refractivity contribution in [1.29, 1.82) is 0 Å². The van der Waals surface area contributed by atoms with Crippen LogP contribution >= 0.6 is 0 Å². The van der Waals surface area contributed by atoms with E-state index < -0.39 is 5.54 Å². The molecule has 0 atom stereocenters. The number of hydrogen-bond acceptors (Lipinski definition) is 4. The van der Waals surface area contributed by atoms with Gasteiger partial charge in [-0.05, 0) is 12.8 Å². The Kier molecular flexibility index (Phi) is 1.94. The molecule has 5 heteroatoms. The lowest BCUT2D eigenvalue weighted by atomic mass is 10.3. The number of ether oxygens (including phenoxy) is 2. The van der Waals surface area contributed by atoms with Crippen molar-refractivity contribution in [3.63, 3.8) is 0 Å². The van der Waals surface area contributed by atoms with Crippen LogP contribution in [0.1, 0.15) is 12.8 Å². The number of hydrogen-bond donors (Lipinski definition) is 0. The van der Waals surface area contributed by atoms with Gasteiger partial charge in [0.25, 0.3) is 0 Å². The molecule has 1 aromatic rings. The highest BCUT2D eigenvalue weighted by Crippen LogP contribution is 2.44. The molecule has 0 bridgehead atoms. The quantitative estimate of drug-likeness (QED) is 0.662. The number of methoxy groups -OCH3 is 2. The summed E-state index contributed by atoms with van der Waals surface area (Å²) in [4.78, 5) is 11.5. The van der Waals surface area contributed by atoms with Crippen molar-refractivity contribution in [1.82, 2.24) is 9.78 Å². The van der Waals surface area contributed by atoms with E-state index in [0.717, 1.165) is 12.8 Å². The van der Waals surface area contributed by atoms with Gasteiger partial charge in [0.2, 0.25) is 0 Å². The van der Waals surface area contributed by atoms with Crippen LogP contribution in [0.5, 0.6) is 5.75 Å². The first-order valence-corrected chi connectivity index (χ1v) is 4.40. The molecule has 1 aliphatic carbocycles. The van der Waals surface area contributed by atoms with E-state index in [2.05, 4.69) is 5.10 Å². The van der Waals surface area contributed by atoms with Crippen LogP contribution in [-0.4, -0.2) is 30.0 Å². The molecule has 0 radical (unpaired) electrons. The van der Waals surface area contributed by atoms with Gasteiger partial charge in [0.05, 0.1) is 26.6 Å². The lowest BCUT2D eigenvalue weighted by Crippen LogP contribution is -2.29. The summed E-state index contributed by atoms with van der Waals surface area (Å²) in [6.07, 6.45) is 4.86. The molecule has 1 aliphatic rings. The molecule has 5 nitrogen and oxygen atoms in total. The van der Waals surface area contributed by atoms with Crippen LogP contribution in [0.4, 0.5) is 0 Å². The van der Waals surface area contributed by atoms with Crippen LogP contribution in [0.25, 0.3) is 0 Å². The fourth-order valence-corrected chi connectivity index (χ4v) is 1.48. The first kappa shape index (κ1) is 9.05. The highest BCUT2D eigenvalue weighted by Gasteiger charge is 2.54.